The Kier molecular flexibility index (Phi) is 7.05. The van der Waals surface area contributed by atoms with Crippen LogP contribution in [0, 0.1) is 0 Å². The van der Waals surface area contributed by atoms with E-state index in [2.05, 4.69) is 29.2 Å². The van der Waals surface area contributed by atoms with Crippen molar-refractivity contribution in [2.45, 2.75) is 23.6 Å². The number of ether oxygens (including phenoxy) is 1. The highest BCUT2D eigenvalue weighted by Crippen LogP contribution is 2.26. The molecule has 0 saturated carbocycles. The van der Waals surface area contributed by atoms with E-state index >= 15 is 0 Å². The van der Waals surface area contributed by atoms with E-state index in [-0.39, 0.29) is 11.2 Å². The predicted molar refractivity (Wildman–Crippen MR) is 113 cm³/mol. The molecule has 1 atom stereocenters. The molecule has 0 aromatic heterocycles. The van der Waals surface area contributed by atoms with E-state index in [1.165, 1.54) is 5.69 Å². The zero-order valence-electron chi connectivity index (χ0n) is 15.7. The third-order valence-electron chi connectivity index (χ3n) is 4.58. The number of nitrogens with zero attached hydrogens (tertiary/aromatic N) is 2. The number of rotatable bonds is 6. The van der Waals surface area contributed by atoms with E-state index in [9.17, 15) is 4.79 Å². The summed E-state index contributed by atoms with van der Waals surface area (Å²) in [5.74, 6) is 0.118. The fraction of sp³-hybridized carbons (Fsp3) is 0.381. The van der Waals surface area contributed by atoms with Crippen LogP contribution in [-0.4, -0.2) is 49.4 Å². The maximum atomic E-state index is 12.7. The van der Waals surface area contributed by atoms with Crippen molar-refractivity contribution in [2.24, 2.45) is 0 Å². The largest absolute Gasteiger partial charge is 0.378 e. The minimum Gasteiger partial charge on any atom is -0.378 e. The number of carbonyl (C=O) groups is 1. The van der Waals surface area contributed by atoms with Crippen LogP contribution < -0.4 is 4.90 Å². The number of carbonyl (C=O) groups excluding carboxylic acids is 1. The lowest BCUT2D eigenvalue weighted by Crippen LogP contribution is -2.36. The predicted octanol–water partition coefficient (Wildman–Crippen LogP) is 4.32. The maximum absolute atomic E-state index is 12.7. The van der Waals surface area contributed by atoms with Crippen molar-refractivity contribution in [3.8, 4) is 0 Å². The molecule has 144 valence electrons. The van der Waals surface area contributed by atoms with E-state index in [1.807, 2.05) is 38.2 Å². The lowest BCUT2D eigenvalue weighted by molar-refractivity contribution is -0.129. The summed E-state index contributed by atoms with van der Waals surface area (Å²) < 4.78 is 5.40. The number of hydrogen-bond acceptors (Lipinski definition) is 4. The lowest BCUT2D eigenvalue weighted by Gasteiger charge is -2.29. The molecule has 1 aliphatic rings. The summed E-state index contributed by atoms with van der Waals surface area (Å²) in [5, 5.41) is 0.555. The van der Waals surface area contributed by atoms with E-state index in [4.69, 9.17) is 16.3 Å². The second kappa shape index (κ2) is 9.49. The third kappa shape index (κ3) is 5.64. The van der Waals surface area contributed by atoms with Gasteiger partial charge in [0.25, 0.3) is 0 Å². The van der Waals surface area contributed by atoms with Gasteiger partial charge in [0.2, 0.25) is 5.91 Å². The van der Waals surface area contributed by atoms with Crippen LogP contribution in [0.3, 0.4) is 0 Å². The van der Waals surface area contributed by atoms with Gasteiger partial charge >= 0.3 is 0 Å². The van der Waals surface area contributed by atoms with Gasteiger partial charge in [-0.3, -0.25) is 4.79 Å². The minimum absolute atomic E-state index is 0.118. The van der Waals surface area contributed by atoms with Gasteiger partial charge in [-0.2, -0.15) is 0 Å². The van der Waals surface area contributed by atoms with Crippen LogP contribution in [0.5, 0.6) is 0 Å². The SMILES string of the molecule is CC(Sc1ccc(Cl)cc1)C(=O)N(C)Cc1ccc(N2CCOCC2)cc1. The highest BCUT2D eigenvalue weighted by Gasteiger charge is 2.19. The fourth-order valence-electron chi connectivity index (χ4n) is 3.06. The Bertz CT molecular complexity index is 746. The first-order valence-electron chi connectivity index (χ1n) is 9.12. The summed E-state index contributed by atoms with van der Waals surface area (Å²) in [6.07, 6.45) is 0. The summed E-state index contributed by atoms with van der Waals surface area (Å²) >= 11 is 7.47. The first-order chi connectivity index (χ1) is 13.0. The van der Waals surface area contributed by atoms with Gasteiger partial charge in [-0.25, -0.2) is 0 Å². The molecule has 2 aromatic rings. The monoisotopic (exact) mass is 404 g/mol. The van der Waals surface area contributed by atoms with Gasteiger partial charge in [0.15, 0.2) is 0 Å². The number of benzene rings is 2. The molecule has 1 amide bonds. The summed E-state index contributed by atoms with van der Waals surface area (Å²) in [6.45, 7) is 5.96. The molecule has 3 rings (SSSR count). The van der Waals surface area contributed by atoms with Crippen LogP contribution in [0.25, 0.3) is 0 Å². The molecule has 1 unspecified atom stereocenters. The second-order valence-electron chi connectivity index (χ2n) is 6.67. The van der Waals surface area contributed by atoms with Gasteiger partial charge in [-0.05, 0) is 48.9 Å². The van der Waals surface area contributed by atoms with E-state index in [1.54, 1.807) is 16.7 Å². The molecule has 1 heterocycles. The van der Waals surface area contributed by atoms with Crippen LogP contribution in [-0.2, 0) is 16.1 Å². The van der Waals surface area contributed by atoms with Gasteiger partial charge in [0.05, 0.1) is 18.5 Å². The van der Waals surface area contributed by atoms with Crippen LogP contribution in [0.2, 0.25) is 5.02 Å². The molecular weight excluding hydrogens is 380 g/mol. The standard InChI is InChI=1S/C21H25ClN2O2S/c1-16(27-20-9-5-18(22)6-10-20)21(25)23(2)15-17-3-7-19(8-4-17)24-11-13-26-14-12-24/h3-10,16H,11-15H2,1-2H3. The molecule has 0 N–H and O–H groups in total. The van der Waals surface area contributed by atoms with E-state index in [0.717, 1.165) is 36.8 Å². The molecule has 2 aromatic carbocycles. The van der Waals surface area contributed by atoms with Crippen LogP contribution in [0.15, 0.2) is 53.4 Å². The van der Waals surface area contributed by atoms with E-state index in [0.29, 0.717) is 11.6 Å². The van der Waals surface area contributed by atoms with Gasteiger partial charge in [0.1, 0.15) is 0 Å². The van der Waals surface area contributed by atoms with Gasteiger partial charge in [0, 0.05) is 42.3 Å². The molecular formula is C21H25ClN2O2S. The van der Waals surface area contributed by atoms with Gasteiger partial charge < -0.3 is 14.5 Å². The first kappa shape index (κ1) is 20.1. The zero-order chi connectivity index (χ0) is 19.2. The summed E-state index contributed by atoms with van der Waals surface area (Å²) in [4.78, 5) is 17.9. The normalized spacial score (nSPS) is 15.4. The van der Waals surface area contributed by atoms with Crippen LogP contribution in [0.4, 0.5) is 5.69 Å². The van der Waals surface area contributed by atoms with Gasteiger partial charge in [-0.1, -0.05) is 23.7 Å². The number of halogens is 1. The van der Waals surface area contributed by atoms with Crippen molar-refractivity contribution < 1.29 is 9.53 Å². The zero-order valence-corrected chi connectivity index (χ0v) is 17.3. The first-order valence-corrected chi connectivity index (χ1v) is 10.4. The topological polar surface area (TPSA) is 32.8 Å². The Hall–Kier alpha value is -1.69. The molecule has 1 aliphatic heterocycles. The average molecular weight is 405 g/mol. The molecule has 0 bridgehead atoms. The Morgan fingerprint density at radius 3 is 2.41 bits per heavy atom. The Balaban J connectivity index is 1.54. The quantitative estimate of drug-likeness (QED) is 0.671. The summed E-state index contributed by atoms with van der Waals surface area (Å²) in [7, 11) is 1.86. The van der Waals surface area contributed by atoms with Crippen molar-refractivity contribution in [2.75, 3.05) is 38.3 Å². The van der Waals surface area contributed by atoms with E-state index < -0.39 is 0 Å². The Morgan fingerprint density at radius 1 is 1.15 bits per heavy atom. The molecule has 0 radical (unpaired) electrons. The number of thioether (sulfide) groups is 1. The van der Waals surface area contributed by atoms with Crippen LogP contribution >= 0.6 is 23.4 Å². The molecule has 27 heavy (non-hydrogen) atoms. The van der Waals surface area contributed by atoms with Crippen LogP contribution in [0.1, 0.15) is 12.5 Å². The Morgan fingerprint density at radius 2 is 1.78 bits per heavy atom. The number of anilines is 1. The fourth-order valence-corrected chi connectivity index (χ4v) is 4.17. The molecule has 6 heteroatoms. The van der Waals surface area contributed by atoms with Crippen molar-refractivity contribution in [3.63, 3.8) is 0 Å². The lowest BCUT2D eigenvalue weighted by atomic mass is 10.1. The maximum Gasteiger partial charge on any atom is 0.235 e. The highest BCUT2D eigenvalue weighted by molar-refractivity contribution is 8.00. The molecule has 1 fully saturated rings. The Labute approximate surface area is 170 Å². The van der Waals surface area contributed by atoms with Crippen molar-refractivity contribution in [1.29, 1.82) is 0 Å². The number of hydrogen-bond donors (Lipinski definition) is 0. The molecule has 0 spiro atoms. The van der Waals surface area contributed by atoms with Gasteiger partial charge in [-0.15, -0.1) is 11.8 Å². The summed E-state index contributed by atoms with van der Waals surface area (Å²) in [5.41, 5.74) is 2.34. The van der Waals surface area contributed by atoms with Crippen molar-refractivity contribution in [3.05, 3.63) is 59.1 Å². The number of morpholine rings is 1. The van der Waals surface area contributed by atoms with Crippen molar-refractivity contribution in [1.82, 2.24) is 4.90 Å². The number of amides is 1. The molecule has 0 aliphatic carbocycles. The third-order valence-corrected chi connectivity index (χ3v) is 5.93. The van der Waals surface area contributed by atoms with Crippen molar-refractivity contribution >= 4 is 35.0 Å². The molecule has 1 saturated heterocycles. The molecule has 4 nitrogen and oxygen atoms in total. The highest BCUT2D eigenvalue weighted by atomic mass is 35.5. The summed E-state index contributed by atoms with van der Waals surface area (Å²) in [6, 6.07) is 16.1. The second-order valence-corrected chi connectivity index (χ2v) is 8.52. The minimum atomic E-state index is -0.149. The smallest absolute Gasteiger partial charge is 0.235 e. The average Bonchev–Trinajstić information content (AvgIpc) is 2.70.